The van der Waals surface area contributed by atoms with Crippen LogP contribution in [0.3, 0.4) is 0 Å². The number of halogens is 2. The summed E-state index contributed by atoms with van der Waals surface area (Å²) in [5.41, 5.74) is 2.09. The van der Waals surface area contributed by atoms with Gasteiger partial charge in [0.15, 0.2) is 5.82 Å². The standard InChI is InChI=1S/C30H37ClFN7O3/c1-18-8-9-22-20(17-33-36-22)23(18)24-21(31)16-19-26(25(24)32)34-28(41-15-7-10-37(5)6)35-27(19)38-11-13-39(14-12-38)29(40)42-30(2,3)4/h8-9,16-17H,7,10-15H2,1-6H3,(H,33,36). The second kappa shape index (κ2) is 11.9. The Labute approximate surface area is 249 Å². The molecule has 0 atom stereocenters. The number of aromatic nitrogens is 4. The number of H-pyrrole nitrogens is 1. The fourth-order valence-electron chi connectivity index (χ4n) is 5.12. The Hall–Kier alpha value is -3.70. The molecular formula is C30H37ClFN7O3. The van der Waals surface area contributed by atoms with Crippen LogP contribution in [0.25, 0.3) is 32.9 Å². The summed E-state index contributed by atoms with van der Waals surface area (Å²) in [6, 6.07) is 5.63. The van der Waals surface area contributed by atoms with Gasteiger partial charge in [0, 0.05) is 54.6 Å². The van der Waals surface area contributed by atoms with Crippen molar-refractivity contribution in [2.75, 3.05) is 58.3 Å². The first-order chi connectivity index (χ1) is 19.9. The predicted octanol–water partition coefficient (Wildman–Crippen LogP) is 5.66. The topological polar surface area (TPSA) is 99.7 Å². The Bertz CT molecular complexity index is 1610. The summed E-state index contributed by atoms with van der Waals surface area (Å²) in [4.78, 5) is 27.6. The number of piperazine rings is 1. The summed E-state index contributed by atoms with van der Waals surface area (Å²) in [6.45, 7) is 10.4. The molecule has 1 amide bonds. The van der Waals surface area contributed by atoms with Crippen LogP contribution in [0, 0.1) is 12.7 Å². The fraction of sp³-hybridized carbons (Fsp3) is 0.467. The van der Waals surface area contributed by atoms with Gasteiger partial charge in [-0.1, -0.05) is 17.7 Å². The van der Waals surface area contributed by atoms with Crippen LogP contribution in [0.4, 0.5) is 15.0 Å². The highest BCUT2D eigenvalue weighted by Crippen LogP contribution is 2.42. The van der Waals surface area contributed by atoms with Crippen molar-refractivity contribution in [1.82, 2.24) is 30.0 Å². The maximum Gasteiger partial charge on any atom is 0.410 e. The van der Waals surface area contributed by atoms with Crippen molar-refractivity contribution in [3.05, 3.63) is 40.8 Å². The molecule has 0 radical (unpaired) electrons. The zero-order chi connectivity index (χ0) is 30.2. The van der Waals surface area contributed by atoms with E-state index in [4.69, 9.17) is 26.1 Å². The van der Waals surface area contributed by atoms with Gasteiger partial charge < -0.3 is 24.2 Å². The van der Waals surface area contributed by atoms with Crippen LogP contribution in [-0.2, 0) is 4.74 Å². The normalized spacial score (nSPS) is 14.3. The van der Waals surface area contributed by atoms with Gasteiger partial charge in [-0.15, -0.1) is 0 Å². The van der Waals surface area contributed by atoms with Crippen LogP contribution < -0.4 is 9.64 Å². The van der Waals surface area contributed by atoms with Gasteiger partial charge in [-0.3, -0.25) is 5.10 Å². The van der Waals surface area contributed by atoms with Gasteiger partial charge in [0.2, 0.25) is 0 Å². The molecule has 42 heavy (non-hydrogen) atoms. The minimum atomic E-state index is -0.582. The van der Waals surface area contributed by atoms with E-state index in [0.717, 1.165) is 29.4 Å². The number of nitrogens with zero attached hydrogens (tertiary/aromatic N) is 6. The number of ether oxygens (including phenoxy) is 2. The molecule has 1 N–H and O–H groups in total. The number of nitrogens with one attached hydrogen (secondary N) is 1. The molecule has 1 aliphatic rings. The van der Waals surface area contributed by atoms with E-state index in [9.17, 15) is 4.79 Å². The second-order valence-electron chi connectivity index (χ2n) is 11.8. The molecule has 2 aromatic heterocycles. The van der Waals surface area contributed by atoms with Gasteiger partial charge in [0.1, 0.15) is 16.9 Å². The fourth-order valence-corrected chi connectivity index (χ4v) is 5.41. The van der Waals surface area contributed by atoms with Crippen molar-refractivity contribution in [3.63, 3.8) is 0 Å². The molecule has 2 aromatic carbocycles. The first kappa shape index (κ1) is 29.8. The molecule has 1 saturated heterocycles. The van der Waals surface area contributed by atoms with Crippen molar-refractivity contribution in [2.45, 2.75) is 39.7 Å². The Morgan fingerprint density at radius 1 is 1.12 bits per heavy atom. The maximum absolute atomic E-state index is 16.6. The van der Waals surface area contributed by atoms with Gasteiger partial charge in [0.05, 0.1) is 23.3 Å². The highest BCUT2D eigenvalue weighted by molar-refractivity contribution is 6.35. The molecule has 0 spiro atoms. The SMILES string of the molecule is Cc1ccc2[nH]ncc2c1-c1c(Cl)cc2c(N3CCN(C(=O)OC(C)(C)C)CC3)nc(OCCCN(C)C)nc2c1F. The molecule has 224 valence electrons. The first-order valence-electron chi connectivity index (χ1n) is 14.1. The summed E-state index contributed by atoms with van der Waals surface area (Å²) in [7, 11) is 3.98. The largest absolute Gasteiger partial charge is 0.463 e. The van der Waals surface area contributed by atoms with Crippen molar-refractivity contribution in [1.29, 1.82) is 0 Å². The number of hydrogen-bond acceptors (Lipinski definition) is 8. The monoisotopic (exact) mass is 597 g/mol. The van der Waals surface area contributed by atoms with Crippen molar-refractivity contribution >= 4 is 45.3 Å². The molecule has 10 nitrogen and oxygen atoms in total. The highest BCUT2D eigenvalue weighted by Gasteiger charge is 2.29. The smallest absolute Gasteiger partial charge is 0.410 e. The Balaban J connectivity index is 1.55. The van der Waals surface area contributed by atoms with Gasteiger partial charge >= 0.3 is 12.1 Å². The second-order valence-corrected chi connectivity index (χ2v) is 12.2. The quantitative estimate of drug-likeness (QED) is 0.272. The minimum absolute atomic E-state index is 0.0937. The third kappa shape index (κ3) is 6.22. The molecule has 3 heterocycles. The number of anilines is 1. The van der Waals surface area contributed by atoms with Crippen LogP contribution in [0.2, 0.25) is 5.02 Å². The Kier molecular flexibility index (Phi) is 8.43. The summed E-state index contributed by atoms with van der Waals surface area (Å²) < 4.78 is 28.1. The predicted molar refractivity (Wildman–Crippen MR) is 163 cm³/mol. The van der Waals surface area contributed by atoms with E-state index in [1.807, 2.05) is 58.8 Å². The lowest BCUT2D eigenvalue weighted by atomic mass is 9.95. The molecular weight excluding hydrogens is 561 g/mol. The van der Waals surface area contributed by atoms with Gasteiger partial charge in [0.25, 0.3) is 0 Å². The van der Waals surface area contributed by atoms with Crippen molar-refractivity contribution in [3.8, 4) is 17.1 Å². The van der Waals surface area contributed by atoms with E-state index in [2.05, 4.69) is 20.1 Å². The zero-order valence-corrected chi connectivity index (χ0v) is 25.7. The molecule has 0 bridgehead atoms. The number of rotatable bonds is 7. The van der Waals surface area contributed by atoms with Gasteiger partial charge in [-0.25, -0.2) is 9.18 Å². The molecule has 4 aromatic rings. The molecule has 12 heteroatoms. The number of aromatic amines is 1. The van der Waals surface area contributed by atoms with Crippen LogP contribution in [0.1, 0.15) is 32.8 Å². The van der Waals surface area contributed by atoms with Gasteiger partial charge in [-0.2, -0.15) is 15.1 Å². The van der Waals surface area contributed by atoms with E-state index < -0.39 is 11.4 Å². The Morgan fingerprint density at radius 3 is 2.55 bits per heavy atom. The lowest BCUT2D eigenvalue weighted by Crippen LogP contribution is -2.50. The highest BCUT2D eigenvalue weighted by atomic mass is 35.5. The molecule has 5 rings (SSSR count). The van der Waals surface area contributed by atoms with E-state index >= 15 is 4.39 Å². The van der Waals surface area contributed by atoms with Crippen LogP contribution in [-0.4, -0.2) is 95.1 Å². The molecule has 0 unspecified atom stereocenters. The summed E-state index contributed by atoms with van der Waals surface area (Å²) in [6.07, 6.45) is 2.07. The summed E-state index contributed by atoms with van der Waals surface area (Å²) >= 11 is 6.84. The van der Waals surface area contributed by atoms with Gasteiger partial charge in [-0.05, 0) is 65.9 Å². The van der Waals surface area contributed by atoms with Crippen molar-refractivity contribution in [2.24, 2.45) is 0 Å². The van der Waals surface area contributed by atoms with E-state index in [1.54, 1.807) is 17.2 Å². The third-order valence-corrected chi connectivity index (χ3v) is 7.43. The number of benzene rings is 2. The number of aryl methyl sites for hydroxylation is 1. The molecule has 1 fully saturated rings. The van der Waals surface area contributed by atoms with Crippen LogP contribution in [0.15, 0.2) is 24.4 Å². The minimum Gasteiger partial charge on any atom is -0.463 e. The van der Waals surface area contributed by atoms with E-state index in [1.165, 1.54) is 0 Å². The number of carbonyl (C=O) groups is 1. The van der Waals surface area contributed by atoms with E-state index in [-0.39, 0.29) is 28.2 Å². The molecule has 1 aliphatic heterocycles. The number of hydrogen-bond donors (Lipinski definition) is 1. The Morgan fingerprint density at radius 2 is 1.86 bits per heavy atom. The molecule has 0 saturated carbocycles. The van der Waals surface area contributed by atoms with Crippen molar-refractivity contribution < 1.29 is 18.7 Å². The van der Waals surface area contributed by atoms with Crippen LogP contribution >= 0.6 is 11.6 Å². The lowest BCUT2D eigenvalue weighted by molar-refractivity contribution is 0.0240. The summed E-state index contributed by atoms with van der Waals surface area (Å²) in [5, 5.41) is 8.58. The van der Waals surface area contributed by atoms with E-state index in [0.29, 0.717) is 49.6 Å². The number of amides is 1. The molecule has 0 aliphatic carbocycles. The average molecular weight is 598 g/mol. The number of fused-ring (bicyclic) bond motifs is 2. The first-order valence-corrected chi connectivity index (χ1v) is 14.4. The summed E-state index contributed by atoms with van der Waals surface area (Å²) in [5.74, 6) is -0.0412. The lowest BCUT2D eigenvalue weighted by Gasteiger charge is -2.36. The number of carbonyl (C=O) groups excluding carboxylic acids is 1. The van der Waals surface area contributed by atoms with Crippen LogP contribution in [0.5, 0.6) is 6.01 Å². The third-order valence-electron chi connectivity index (χ3n) is 7.14. The zero-order valence-electron chi connectivity index (χ0n) is 24.9. The average Bonchev–Trinajstić information content (AvgIpc) is 3.40. The maximum atomic E-state index is 16.6.